The van der Waals surface area contributed by atoms with Crippen LogP contribution in [0.4, 0.5) is 4.79 Å². The van der Waals surface area contributed by atoms with Gasteiger partial charge in [0.1, 0.15) is 12.1 Å². The first-order chi connectivity index (χ1) is 25.3. The maximum Gasteiger partial charge on any atom is 0.315 e. The average Bonchev–Trinajstić information content (AvgIpc) is 3.36. The fraction of sp³-hybridized carbons (Fsp3) is 0.675. The fourth-order valence-electron chi connectivity index (χ4n) is 8.92. The topological polar surface area (TPSA) is 174 Å². The van der Waals surface area contributed by atoms with Crippen LogP contribution in [0.15, 0.2) is 41.8 Å². The van der Waals surface area contributed by atoms with Crippen LogP contribution in [0.25, 0.3) is 0 Å². The molecule has 2 aliphatic carbocycles. The van der Waals surface area contributed by atoms with E-state index in [2.05, 4.69) is 41.7 Å². The largest absolute Gasteiger partial charge is 0.346 e. The molecule has 1 aromatic rings. The second-order valence-electron chi connectivity index (χ2n) is 17.7. The van der Waals surface area contributed by atoms with Gasteiger partial charge in [-0.1, -0.05) is 98.4 Å². The average molecular weight is 769 g/mol. The van der Waals surface area contributed by atoms with Gasteiger partial charge in [0, 0.05) is 32.2 Å². The van der Waals surface area contributed by atoms with Gasteiger partial charge in [-0.15, -0.1) is 6.58 Å². The summed E-state index contributed by atoms with van der Waals surface area (Å²) in [5.41, 5.74) is -0.653. The molecule has 0 bridgehead atoms. The van der Waals surface area contributed by atoms with Crippen LogP contribution in [-0.4, -0.2) is 91.0 Å². The Morgan fingerprint density at radius 1 is 1.00 bits per heavy atom. The summed E-state index contributed by atoms with van der Waals surface area (Å²) >= 11 is 0. The predicted molar refractivity (Wildman–Crippen MR) is 205 cm³/mol. The van der Waals surface area contributed by atoms with Gasteiger partial charge >= 0.3 is 6.03 Å². The molecular formula is C40H60N6O7S. The van der Waals surface area contributed by atoms with E-state index in [4.69, 9.17) is 0 Å². The summed E-state index contributed by atoms with van der Waals surface area (Å²) in [7, 11) is -3.75. The number of carbonyl (C=O) groups excluding carboxylic acids is 5. The van der Waals surface area contributed by atoms with Crippen molar-refractivity contribution in [1.82, 2.24) is 30.5 Å². The van der Waals surface area contributed by atoms with E-state index in [0.717, 1.165) is 19.3 Å². The van der Waals surface area contributed by atoms with Crippen LogP contribution in [-0.2, 0) is 35.7 Å². The summed E-state index contributed by atoms with van der Waals surface area (Å²) in [6.45, 7) is 18.1. The third kappa shape index (κ3) is 8.24. The monoisotopic (exact) mass is 768 g/mol. The lowest BCUT2D eigenvalue weighted by Gasteiger charge is -2.43. The Morgan fingerprint density at radius 3 is 2.28 bits per heavy atom. The zero-order valence-corrected chi connectivity index (χ0v) is 33.8. The number of carbonyl (C=O) groups is 5. The number of amides is 5. The number of nitrogens with one attached hydrogen (secondary N) is 4. The van der Waals surface area contributed by atoms with E-state index in [1.165, 1.54) is 10.4 Å². The molecule has 54 heavy (non-hydrogen) atoms. The SMILES string of the molecule is C=CCNC(=O)C(=O)C(CCC)NC(=O)[C@@H]1[C@@H]2[C@H](CN1C(=O)[C@@H](NC(=O)N[C@H](CN1Cc3ccccc3S1(=O)=O)C(C)(C)C)C1(C)CCCCC1)C2(C)C. The number of sulfonamides is 1. The molecule has 4 N–H and O–H groups in total. The van der Waals surface area contributed by atoms with Crippen LogP contribution in [0, 0.1) is 28.1 Å². The smallest absolute Gasteiger partial charge is 0.315 e. The molecule has 1 unspecified atom stereocenters. The number of likely N-dealkylation sites (tertiary alicyclic amines) is 1. The molecule has 2 saturated carbocycles. The third-order valence-corrected chi connectivity index (χ3v) is 14.4. The molecule has 3 fully saturated rings. The van der Waals surface area contributed by atoms with Crippen molar-refractivity contribution in [3.8, 4) is 0 Å². The molecule has 1 aromatic carbocycles. The van der Waals surface area contributed by atoms with Crippen molar-refractivity contribution in [3.63, 3.8) is 0 Å². The minimum absolute atomic E-state index is 0.0416. The number of piperidine rings is 1. The molecule has 2 aliphatic heterocycles. The van der Waals surface area contributed by atoms with Gasteiger partial charge in [-0.25, -0.2) is 13.2 Å². The minimum Gasteiger partial charge on any atom is -0.346 e. The van der Waals surface area contributed by atoms with E-state index >= 15 is 0 Å². The highest BCUT2D eigenvalue weighted by molar-refractivity contribution is 7.89. The van der Waals surface area contributed by atoms with Crippen LogP contribution >= 0.6 is 0 Å². The lowest BCUT2D eigenvalue weighted by molar-refractivity contribution is -0.146. The number of nitrogens with zero attached hydrogens (tertiary/aromatic N) is 2. The van der Waals surface area contributed by atoms with E-state index in [1.807, 2.05) is 34.6 Å². The van der Waals surface area contributed by atoms with E-state index < -0.39 is 68.6 Å². The van der Waals surface area contributed by atoms with Crippen molar-refractivity contribution in [2.75, 3.05) is 19.6 Å². The molecule has 5 amide bonds. The molecule has 2 heterocycles. The molecular weight excluding hydrogens is 709 g/mol. The van der Waals surface area contributed by atoms with Gasteiger partial charge < -0.3 is 26.2 Å². The van der Waals surface area contributed by atoms with E-state index in [9.17, 15) is 32.4 Å². The summed E-state index contributed by atoms with van der Waals surface area (Å²) in [4.78, 5) is 70.7. The number of hydrogen-bond donors (Lipinski definition) is 4. The van der Waals surface area contributed by atoms with Crippen LogP contribution in [0.1, 0.15) is 99.0 Å². The van der Waals surface area contributed by atoms with Gasteiger partial charge in [-0.3, -0.25) is 19.2 Å². The van der Waals surface area contributed by atoms with Crippen molar-refractivity contribution in [1.29, 1.82) is 0 Å². The quantitative estimate of drug-likeness (QED) is 0.164. The molecule has 0 radical (unpaired) electrons. The predicted octanol–water partition coefficient (Wildman–Crippen LogP) is 3.88. The van der Waals surface area contributed by atoms with Crippen molar-refractivity contribution < 1.29 is 32.4 Å². The maximum atomic E-state index is 14.9. The number of ketones is 1. The van der Waals surface area contributed by atoms with Gasteiger partial charge in [-0.2, -0.15) is 4.31 Å². The van der Waals surface area contributed by atoms with Crippen LogP contribution in [0.2, 0.25) is 0 Å². The van der Waals surface area contributed by atoms with Gasteiger partial charge in [0.25, 0.3) is 5.91 Å². The lowest BCUT2D eigenvalue weighted by Crippen LogP contribution is -2.63. The van der Waals surface area contributed by atoms with Crippen LogP contribution in [0.5, 0.6) is 0 Å². The van der Waals surface area contributed by atoms with Gasteiger partial charge in [0.15, 0.2) is 0 Å². The Labute approximate surface area is 320 Å². The van der Waals surface area contributed by atoms with Crippen molar-refractivity contribution in [3.05, 3.63) is 42.5 Å². The molecule has 5 rings (SSSR count). The maximum absolute atomic E-state index is 14.9. The number of Topliss-reactive ketones (excluding diaryl/α,β-unsaturated/α-hetero) is 1. The Balaban J connectivity index is 1.38. The fourth-order valence-corrected chi connectivity index (χ4v) is 10.6. The highest BCUT2D eigenvalue weighted by atomic mass is 32.2. The highest BCUT2D eigenvalue weighted by Crippen LogP contribution is 2.65. The van der Waals surface area contributed by atoms with Crippen molar-refractivity contribution in [2.45, 2.75) is 129 Å². The summed E-state index contributed by atoms with van der Waals surface area (Å²) in [6.07, 6.45) is 6.46. The number of hydrogen-bond acceptors (Lipinski definition) is 7. The van der Waals surface area contributed by atoms with E-state index in [1.54, 1.807) is 29.2 Å². The van der Waals surface area contributed by atoms with Gasteiger partial charge in [0.05, 0.1) is 10.9 Å². The van der Waals surface area contributed by atoms with Crippen molar-refractivity contribution >= 4 is 39.6 Å². The number of fused-ring (bicyclic) bond motifs is 2. The summed E-state index contributed by atoms with van der Waals surface area (Å²) < 4.78 is 28.3. The number of urea groups is 1. The highest BCUT2D eigenvalue weighted by Gasteiger charge is 2.70. The second kappa shape index (κ2) is 15.8. The Bertz CT molecular complexity index is 1750. The molecule has 4 aliphatic rings. The van der Waals surface area contributed by atoms with Crippen LogP contribution < -0.4 is 21.3 Å². The molecule has 298 valence electrons. The first-order valence-corrected chi connectivity index (χ1v) is 20.9. The molecule has 6 atom stereocenters. The Morgan fingerprint density at radius 2 is 1.67 bits per heavy atom. The zero-order valence-electron chi connectivity index (χ0n) is 33.0. The summed E-state index contributed by atoms with van der Waals surface area (Å²) in [6, 6.07) is 2.80. The number of benzene rings is 1. The molecule has 0 aromatic heterocycles. The zero-order chi connectivity index (χ0) is 39.8. The first-order valence-electron chi connectivity index (χ1n) is 19.5. The summed E-state index contributed by atoms with van der Waals surface area (Å²) in [5, 5.41) is 11.4. The second-order valence-corrected chi connectivity index (χ2v) is 19.6. The molecule has 1 saturated heterocycles. The third-order valence-electron chi connectivity index (χ3n) is 12.5. The summed E-state index contributed by atoms with van der Waals surface area (Å²) in [5.74, 6) is -2.50. The molecule has 13 nitrogen and oxygen atoms in total. The Kier molecular flexibility index (Phi) is 12.1. The standard InChI is InChI=1S/C40H60N6O7S/c1-9-16-27(32(47)35(49)41-21-10-2)42-34(48)31-30-26(39(30,6)7)23-46(31)36(50)33(40(8)19-14-11-15-20-40)44-37(51)43-29(38(3,4)5)24-45-22-25-17-12-13-18-28(25)54(45,52)53/h10,12-13,17-18,26-27,29-31,33H,2,9,11,14-16,19-24H2,1,3-8H3,(H,41,49)(H,42,48)(H2,43,44,51)/t26-,27?,29+,30-,31-,33+/m0/s1. The Hall–Kier alpha value is -3.78. The van der Waals surface area contributed by atoms with Gasteiger partial charge in [-0.05, 0) is 59.0 Å². The minimum atomic E-state index is -3.75. The first kappa shape index (κ1) is 41.4. The van der Waals surface area contributed by atoms with Gasteiger partial charge in [0.2, 0.25) is 27.6 Å². The van der Waals surface area contributed by atoms with E-state index in [-0.39, 0.29) is 54.1 Å². The van der Waals surface area contributed by atoms with E-state index in [0.29, 0.717) is 31.4 Å². The normalized spacial score (nSPS) is 25.2. The lowest BCUT2D eigenvalue weighted by atomic mass is 9.70. The molecule has 14 heteroatoms. The number of rotatable bonds is 14. The molecule has 0 spiro atoms. The van der Waals surface area contributed by atoms with Crippen LogP contribution in [0.3, 0.4) is 0 Å². The van der Waals surface area contributed by atoms with Crippen molar-refractivity contribution in [2.24, 2.45) is 28.1 Å².